The Morgan fingerprint density at radius 3 is 2.60 bits per heavy atom. The lowest BCUT2D eigenvalue weighted by Gasteiger charge is -2.19. The number of fused-ring (bicyclic) bond motifs is 2. The van der Waals surface area contributed by atoms with E-state index in [1.54, 1.807) is 6.20 Å². The van der Waals surface area contributed by atoms with Crippen molar-refractivity contribution in [1.29, 1.82) is 0 Å². The summed E-state index contributed by atoms with van der Waals surface area (Å²) < 4.78 is 1.91. The first-order valence-corrected chi connectivity index (χ1v) is 7.80. The van der Waals surface area contributed by atoms with Gasteiger partial charge in [0.1, 0.15) is 17.8 Å². The molecule has 2 N–H and O–H groups in total. The van der Waals surface area contributed by atoms with E-state index in [4.69, 9.17) is 10.8 Å². The van der Waals surface area contributed by atoms with Crippen molar-refractivity contribution in [2.75, 3.05) is 5.73 Å². The summed E-state index contributed by atoms with van der Waals surface area (Å²) in [5, 5.41) is 6.66. The van der Waals surface area contributed by atoms with Crippen molar-refractivity contribution < 1.29 is 0 Å². The minimum Gasteiger partial charge on any atom is -0.383 e. The van der Waals surface area contributed by atoms with Crippen LogP contribution >= 0.6 is 12.4 Å². The molecule has 4 aromatic rings. The molecule has 0 unspecified atom stereocenters. The number of rotatable bonds is 1. The molecular weight excluding hydrogens is 336 g/mol. The SMILES string of the molecule is CC(C)(C)n1nc(-c2ccc3ncccc3c2)c2c(N)ncnc21.Cl. The first kappa shape index (κ1) is 17.1. The van der Waals surface area contributed by atoms with Crippen LogP contribution in [0.2, 0.25) is 0 Å². The number of nitrogen functional groups attached to an aromatic ring is 1. The van der Waals surface area contributed by atoms with Crippen LogP contribution in [-0.4, -0.2) is 24.7 Å². The van der Waals surface area contributed by atoms with Crippen LogP contribution in [0.5, 0.6) is 0 Å². The Bertz CT molecular complexity index is 1060. The number of nitrogens with zero attached hydrogens (tertiary/aromatic N) is 5. The van der Waals surface area contributed by atoms with Gasteiger partial charge in [-0.05, 0) is 39.0 Å². The van der Waals surface area contributed by atoms with Gasteiger partial charge in [0, 0.05) is 17.1 Å². The number of pyridine rings is 1. The van der Waals surface area contributed by atoms with Crippen LogP contribution in [0, 0.1) is 0 Å². The number of hydrogen-bond acceptors (Lipinski definition) is 5. The fourth-order valence-corrected chi connectivity index (χ4v) is 2.87. The van der Waals surface area contributed by atoms with Gasteiger partial charge in [-0.15, -0.1) is 12.4 Å². The molecule has 0 spiro atoms. The van der Waals surface area contributed by atoms with E-state index >= 15 is 0 Å². The number of aromatic nitrogens is 5. The molecule has 1 aromatic carbocycles. The van der Waals surface area contributed by atoms with Crippen LogP contribution in [-0.2, 0) is 5.54 Å². The molecule has 0 aliphatic heterocycles. The van der Waals surface area contributed by atoms with Crippen molar-refractivity contribution in [3.8, 4) is 11.3 Å². The standard InChI is InChI=1S/C18H18N6.ClH/c1-18(2,3)24-17-14(16(19)21-10-22-17)15(23-24)12-6-7-13-11(9-12)5-4-8-20-13;/h4-10H,1-3H3,(H2,19,21,22);1H. The summed E-state index contributed by atoms with van der Waals surface area (Å²) in [6, 6.07) is 10.0. The van der Waals surface area contributed by atoms with Crippen molar-refractivity contribution in [2.45, 2.75) is 26.3 Å². The third kappa shape index (κ3) is 2.78. The quantitative estimate of drug-likeness (QED) is 0.562. The highest BCUT2D eigenvalue weighted by Gasteiger charge is 2.23. The zero-order chi connectivity index (χ0) is 16.9. The molecule has 6 nitrogen and oxygen atoms in total. The highest BCUT2D eigenvalue weighted by Crippen LogP contribution is 2.33. The Morgan fingerprint density at radius 1 is 1.04 bits per heavy atom. The van der Waals surface area contributed by atoms with Crippen LogP contribution in [0.25, 0.3) is 33.2 Å². The summed E-state index contributed by atoms with van der Waals surface area (Å²) in [7, 11) is 0. The third-order valence-electron chi connectivity index (χ3n) is 4.01. The Kier molecular flexibility index (Phi) is 4.08. The third-order valence-corrected chi connectivity index (χ3v) is 4.01. The number of anilines is 1. The smallest absolute Gasteiger partial charge is 0.164 e. The molecule has 3 aromatic heterocycles. The predicted molar refractivity (Wildman–Crippen MR) is 103 cm³/mol. The first-order valence-electron chi connectivity index (χ1n) is 7.80. The van der Waals surface area contributed by atoms with E-state index in [1.807, 2.05) is 28.9 Å². The van der Waals surface area contributed by atoms with Gasteiger partial charge in [0.15, 0.2) is 5.65 Å². The van der Waals surface area contributed by atoms with Gasteiger partial charge in [-0.25, -0.2) is 14.6 Å². The molecule has 3 heterocycles. The van der Waals surface area contributed by atoms with E-state index in [1.165, 1.54) is 6.33 Å². The van der Waals surface area contributed by atoms with Crippen molar-refractivity contribution in [3.05, 3.63) is 42.9 Å². The molecule has 0 amide bonds. The molecule has 7 heteroatoms. The Hall–Kier alpha value is -2.73. The number of benzene rings is 1. The van der Waals surface area contributed by atoms with Gasteiger partial charge in [0.2, 0.25) is 0 Å². The Labute approximate surface area is 151 Å². The maximum Gasteiger partial charge on any atom is 0.164 e. The first-order chi connectivity index (χ1) is 11.4. The van der Waals surface area contributed by atoms with E-state index in [-0.39, 0.29) is 17.9 Å². The van der Waals surface area contributed by atoms with Crippen LogP contribution in [0.3, 0.4) is 0 Å². The van der Waals surface area contributed by atoms with Crippen molar-refractivity contribution in [1.82, 2.24) is 24.7 Å². The zero-order valence-corrected chi connectivity index (χ0v) is 15.1. The Balaban J connectivity index is 0.00000182. The summed E-state index contributed by atoms with van der Waals surface area (Å²) in [5.41, 5.74) is 9.40. The number of halogens is 1. The van der Waals surface area contributed by atoms with Crippen LogP contribution in [0.4, 0.5) is 5.82 Å². The lowest BCUT2D eigenvalue weighted by Crippen LogP contribution is -2.23. The molecule has 25 heavy (non-hydrogen) atoms. The van der Waals surface area contributed by atoms with Gasteiger partial charge in [0.25, 0.3) is 0 Å². The van der Waals surface area contributed by atoms with E-state index in [0.717, 1.165) is 33.2 Å². The minimum absolute atomic E-state index is 0. The van der Waals surface area contributed by atoms with Crippen molar-refractivity contribution >= 4 is 40.2 Å². The average molecular weight is 355 g/mol. The number of hydrogen-bond donors (Lipinski definition) is 1. The molecule has 0 bridgehead atoms. The van der Waals surface area contributed by atoms with Gasteiger partial charge < -0.3 is 5.73 Å². The molecule has 0 aliphatic carbocycles. The molecule has 0 fully saturated rings. The monoisotopic (exact) mass is 354 g/mol. The summed E-state index contributed by atoms with van der Waals surface area (Å²) in [6.07, 6.45) is 3.27. The highest BCUT2D eigenvalue weighted by molar-refractivity contribution is 5.99. The second kappa shape index (κ2) is 5.97. The van der Waals surface area contributed by atoms with E-state index < -0.39 is 0 Å². The van der Waals surface area contributed by atoms with Crippen molar-refractivity contribution in [3.63, 3.8) is 0 Å². The molecule has 0 atom stereocenters. The van der Waals surface area contributed by atoms with Gasteiger partial charge in [-0.1, -0.05) is 12.1 Å². The van der Waals surface area contributed by atoms with E-state index in [0.29, 0.717) is 5.82 Å². The Morgan fingerprint density at radius 2 is 1.84 bits per heavy atom. The minimum atomic E-state index is -0.213. The second-order valence-corrected chi connectivity index (χ2v) is 6.80. The summed E-state index contributed by atoms with van der Waals surface area (Å²) >= 11 is 0. The maximum atomic E-state index is 6.15. The van der Waals surface area contributed by atoms with E-state index in [9.17, 15) is 0 Å². The summed E-state index contributed by atoms with van der Waals surface area (Å²) in [5.74, 6) is 0.441. The molecule has 0 saturated carbocycles. The zero-order valence-electron chi connectivity index (χ0n) is 14.3. The molecule has 4 rings (SSSR count). The normalized spacial score (nSPS) is 11.6. The summed E-state index contributed by atoms with van der Waals surface area (Å²) in [6.45, 7) is 6.27. The molecule has 128 valence electrons. The maximum absolute atomic E-state index is 6.15. The topological polar surface area (TPSA) is 82.5 Å². The fourth-order valence-electron chi connectivity index (χ4n) is 2.87. The van der Waals surface area contributed by atoms with Gasteiger partial charge in [-0.3, -0.25) is 4.98 Å². The number of nitrogens with two attached hydrogens (primary N) is 1. The van der Waals surface area contributed by atoms with Gasteiger partial charge in [0.05, 0.1) is 16.4 Å². The van der Waals surface area contributed by atoms with Crippen LogP contribution in [0.1, 0.15) is 20.8 Å². The molecule has 0 aliphatic rings. The van der Waals surface area contributed by atoms with Crippen molar-refractivity contribution in [2.24, 2.45) is 0 Å². The largest absolute Gasteiger partial charge is 0.383 e. The van der Waals surface area contributed by atoms with Crippen LogP contribution < -0.4 is 5.73 Å². The second-order valence-electron chi connectivity index (χ2n) is 6.80. The van der Waals surface area contributed by atoms with Crippen LogP contribution in [0.15, 0.2) is 42.9 Å². The highest BCUT2D eigenvalue weighted by atomic mass is 35.5. The average Bonchev–Trinajstić information content (AvgIpc) is 2.96. The lowest BCUT2D eigenvalue weighted by atomic mass is 10.1. The predicted octanol–water partition coefficient (Wildman–Crippen LogP) is 3.80. The fraction of sp³-hybridized carbons (Fsp3) is 0.222. The molecule has 0 saturated heterocycles. The van der Waals surface area contributed by atoms with Gasteiger partial charge >= 0.3 is 0 Å². The van der Waals surface area contributed by atoms with E-state index in [2.05, 4.69) is 41.8 Å². The molecule has 0 radical (unpaired) electrons. The lowest BCUT2D eigenvalue weighted by molar-refractivity contribution is 0.367. The van der Waals surface area contributed by atoms with Gasteiger partial charge in [-0.2, -0.15) is 5.10 Å². The molecular formula is C18H19ClN6. The summed E-state index contributed by atoms with van der Waals surface area (Å²) in [4.78, 5) is 12.9.